The number of carbonyl (C=O) groups is 4. The SMILES string of the molecule is CC(C)CCC(NC(=O)N[C@@H](CCC(=O)O)C(=O)O)C(=O)O. The van der Waals surface area contributed by atoms with Crippen LogP contribution in [0.25, 0.3) is 0 Å². The van der Waals surface area contributed by atoms with E-state index in [9.17, 15) is 19.2 Å². The smallest absolute Gasteiger partial charge is 0.326 e. The lowest BCUT2D eigenvalue weighted by atomic mass is 10.0. The monoisotopic (exact) mass is 318 g/mol. The second-order valence-electron chi connectivity index (χ2n) is 5.30. The van der Waals surface area contributed by atoms with Gasteiger partial charge < -0.3 is 26.0 Å². The van der Waals surface area contributed by atoms with E-state index in [2.05, 4.69) is 10.6 Å². The normalized spacial score (nSPS) is 13.2. The summed E-state index contributed by atoms with van der Waals surface area (Å²) in [6.07, 6.45) is 0.0840. The zero-order valence-corrected chi connectivity index (χ0v) is 12.5. The lowest BCUT2D eigenvalue weighted by Gasteiger charge is -2.18. The molecule has 0 heterocycles. The molecule has 0 aliphatic rings. The van der Waals surface area contributed by atoms with Crippen molar-refractivity contribution in [3.8, 4) is 0 Å². The van der Waals surface area contributed by atoms with Crippen LogP contribution in [0.5, 0.6) is 0 Å². The largest absolute Gasteiger partial charge is 0.481 e. The van der Waals surface area contributed by atoms with Gasteiger partial charge >= 0.3 is 23.9 Å². The van der Waals surface area contributed by atoms with E-state index in [1.54, 1.807) is 0 Å². The van der Waals surface area contributed by atoms with Crippen LogP contribution in [0.1, 0.15) is 39.5 Å². The second kappa shape index (κ2) is 9.59. The predicted octanol–water partition coefficient (Wildman–Crippen LogP) is 0.493. The molecule has 0 bridgehead atoms. The number of rotatable bonds is 10. The van der Waals surface area contributed by atoms with Gasteiger partial charge in [-0.15, -0.1) is 0 Å². The maximum atomic E-state index is 11.7. The van der Waals surface area contributed by atoms with Crippen LogP contribution in [0.4, 0.5) is 4.79 Å². The molecule has 0 aliphatic heterocycles. The van der Waals surface area contributed by atoms with Gasteiger partial charge in [0.05, 0.1) is 0 Å². The maximum absolute atomic E-state index is 11.7. The fourth-order valence-corrected chi connectivity index (χ4v) is 1.64. The quantitative estimate of drug-likeness (QED) is 0.393. The Bertz CT molecular complexity index is 423. The molecule has 1 unspecified atom stereocenters. The first kappa shape index (κ1) is 19.7. The van der Waals surface area contributed by atoms with Crippen molar-refractivity contribution in [1.82, 2.24) is 10.6 Å². The molecule has 9 heteroatoms. The summed E-state index contributed by atoms with van der Waals surface area (Å²) in [6, 6.07) is -3.47. The zero-order valence-electron chi connectivity index (χ0n) is 12.5. The number of carbonyl (C=O) groups excluding carboxylic acids is 1. The molecule has 0 rings (SSSR count). The minimum atomic E-state index is -1.39. The van der Waals surface area contributed by atoms with Gasteiger partial charge in [0.15, 0.2) is 0 Å². The number of aliphatic carboxylic acids is 3. The molecular formula is C13H22N2O7. The molecule has 0 spiro atoms. The van der Waals surface area contributed by atoms with Crippen LogP contribution < -0.4 is 10.6 Å². The van der Waals surface area contributed by atoms with Crippen LogP contribution >= 0.6 is 0 Å². The van der Waals surface area contributed by atoms with Crippen molar-refractivity contribution >= 4 is 23.9 Å². The topological polar surface area (TPSA) is 153 Å². The zero-order chi connectivity index (χ0) is 17.3. The summed E-state index contributed by atoms with van der Waals surface area (Å²) in [5.74, 6) is -3.53. The van der Waals surface area contributed by atoms with E-state index in [-0.39, 0.29) is 18.8 Å². The minimum absolute atomic E-state index is 0.216. The van der Waals surface area contributed by atoms with Crippen molar-refractivity contribution in [3.63, 3.8) is 0 Å². The Labute approximate surface area is 127 Å². The third-order valence-corrected chi connectivity index (χ3v) is 2.89. The van der Waals surface area contributed by atoms with E-state index >= 15 is 0 Å². The molecule has 0 aliphatic carbocycles. The molecule has 5 N–H and O–H groups in total. The number of nitrogens with one attached hydrogen (secondary N) is 2. The van der Waals surface area contributed by atoms with Crippen molar-refractivity contribution in [2.75, 3.05) is 0 Å². The van der Waals surface area contributed by atoms with Crippen LogP contribution in [0.2, 0.25) is 0 Å². The first-order chi connectivity index (χ1) is 10.1. The predicted molar refractivity (Wildman–Crippen MR) is 75.5 cm³/mol. The number of hydrogen-bond donors (Lipinski definition) is 5. The summed E-state index contributed by atoms with van der Waals surface area (Å²) >= 11 is 0. The number of urea groups is 1. The minimum Gasteiger partial charge on any atom is -0.481 e. The van der Waals surface area contributed by atoms with Gasteiger partial charge in [0.2, 0.25) is 0 Å². The summed E-state index contributed by atoms with van der Waals surface area (Å²) < 4.78 is 0. The summed E-state index contributed by atoms with van der Waals surface area (Å²) in [6.45, 7) is 3.82. The molecule has 2 atom stereocenters. The van der Waals surface area contributed by atoms with E-state index in [0.29, 0.717) is 6.42 Å². The first-order valence-electron chi connectivity index (χ1n) is 6.88. The van der Waals surface area contributed by atoms with Crippen LogP contribution in [-0.2, 0) is 14.4 Å². The molecule has 0 aromatic carbocycles. The summed E-state index contributed by atoms with van der Waals surface area (Å²) in [7, 11) is 0. The standard InChI is InChI=1S/C13H22N2O7/c1-7(2)3-4-8(11(18)19)14-13(22)15-9(12(20)21)5-6-10(16)17/h7-9H,3-6H2,1-2H3,(H,16,17)(H,18,19)(H,20,21)(H2,14,15,22)/t8?,9-/m0/s1. The molecule has 126 valence electrons. The van der Waals surface area contributed by atoms with Crippen LogP contribution in [0.3, 0.4) is 0 Å². The molecule has 0 aromatic rings. The highest BCUT2D eigenvalue weighted by molar-refractivity contribution is 5.86. The van der Waals surface area contributed by atoms with Gasteiger partial charge in [0, 0.05) is 6.42 Å². The molecular weight excluding hydrogens is 296 g/mol. The summed E-state index contributed by atoms with van der Waals surface area (Å²) in [4.78, 5) is 44.1. The molecule has 9 nitrogen and oxygen atoms in total. The van der Waals surface area contributed by atoms with Gasteiger partial charge in [-0.2, -0.15) is 0 Å². The highest BCUT2D eigenvalue weighted by Gasteiger charge is 2.24. The lowest BCUT2D eigenvalue weighted by molar-refractivity contribution is -0.140. The Morgan fingerprint density at radius 1 is 0.818 bits per heavy atom. The van der Waals surface area contributed by atoms with Gasteiger partial charge in [-0.1, -0.05) is 13.8 Å². The van der Waals surface area contributed by atoms with E-state index in [0.717, 1.165) is 0 Å². The Balaban J connectivity index is 4.54. The molecule has 0 radical (unpaired) electrons. The molecule has 0 aromatic heterocycles. The van der Waals surface area contributed by atoms with Crippen molar-refractivity contribution in [1.29, 1.82) is 0 Å². The second-order valence-corrected chi connectivity index (χ2v) is 5.30. The fraction of sp³-hybridized carbons (Fsp3) is 0.692. The first-order valence-corrected chi connectivity index (χ1v) is 6.88. The van der Waals surface area contributed by atoms with Gasteiger partial charge in [-0.3, -0.25) is 4.79 Å². The van der Waals surface area contributed by atoms with E-state index in [4.69, 9.17) is 15.3 Å². The van der Waals surface area contributed by atoms with Crippen LogP contribution in [0, 0.1) is 5.92 Å². The van der Waals surface area contributed by atoms with Crippen molar-refractivity contribution < 1.29 is 34.5 Å². The summed E-state index contributed by atoms with van der Waals surface area (Å²) in [5, 5.41) is 30.7. The molecule has 0 saturated heterocycles. The van der Waals surface area contributed by atoms with Crippen molar-refractivity contribution in [2.45, 2.75) is 51.6 Å². The average molecular weight is 318 g/mol. The average Bonchev–Trinajstić information content (AvgIpc) is 2.38. The van der Waals surface area contributed by atoms with E-state index in [1.807, 2.05) is 13.8 Å². The lowest BCUT2D eigenvalue weighted by Crippen LogP contribution is -2.51. The Kier molecular flexibility index (Phi) is 8.58. The van der Waals surface area contributed by atoms with Crippen molar-refractivity contribution in [2.24, 2.45) is 5.92 Å². The highest BCUT2D eigenvalue weighted by atomic mass is 16.4. The maximum Gasteiger partial charge on any atom is 0.326 e. The van der Waals surface area contributed by atoms with Crippen LogP contribution in [0.15, 0.2) is 0 Å². The van der Waals surface area contributed by atoms with Crippen LogP contribution in [-0.4, -0.2) is 51.3 Å². The van der Waals surface area contributed by atoms with Gasteiger partial charge in [0.25, 0.3) is 0 Å². The van der Waals surface area contributed by atoms with E-state index < -0.39 is 42.4 Å². The number of amides is 2. The summed E-state index contributed by atoms with van der Waals surface area (Å²) in [5.41, 5.74) is 0. The molecule has 2 amide bonds. The number of hydrogen-bond acceptors (Lipinski definition) is 4. The fourth-order valence-electron chi connectivity index (χ4n) is 1.64. The van der Waals surface area contributed by atoms with Crippen molar-refractivity contribution in [3.05, 3.63) is 0 Å². The number of carboxylic acid groups (broad SMARTS) is 3. The van der Waals surface area contributed by atoms with Gasteiger partial charge in [0.1, 0.15) is 12.1 Å². The highest BCUT2D eigenvalue weighted by Crippen LogP contribution is 2.07. The van der Waals surface area contributed by atoms with E-state index in [1.165, 1.54) is 0 Å². The Morgan fingerprint density at radius 2 is 1.27 bits per heavy atom. The third-order valence-electron chi connectivity index (χ3n) is 2.89. The Hall–Kier alpha value is -2.32. The third kappa shape index (κ3) is 8.77. The van der Waals surface area contributed by atoms with Gasteiger partial charge in [-0.05, 0) is 25.2 Å². The molecule has 0 saturated carbocycles. The molecule has 0 fully saturated rings. The molecule has 22 heavy (non-hydrogen) atoms. The Morgan fingerprint density at radius 3 is 1.64 bits per heavy atom. The number of carboxylic acids is 3. The van der Waals surface area contributed by atoms with Gasteiger partial charge in [-0.25, -0.2) is 14.4 Å².